The molecule has 0 fully saturated rings. The van der Waals surface area contributed by atoms with Crippen LogP contribution in [-0.4, -0.2) is 47.6 Å². The van der Waals surface area contributed by atoms with Gasteiger partial charge < -0.3 is 15.3 Å². The molecule has 0 radical (unpaired) electrons. The van der Waals surface area contributed by atoms with Crippen LogP contribution in [0.2, 0.25) is 0 Å². The number of rotatable bonds is 9. The second kappa shape index (κ2) is 9.28. The predicted molar refractivity (Wildman–Crippen MR) is 80.9 cm³/mol. The average molecular weight is 297 g/mol. The van der Waals surface area contributed by atoms with Crippen LogP contribution in [-0.2, 0) is 0 Å². The summed E-state index contributed by atoms with van der Waals surface area (Å²) in [6.45, 7) is 3.42. The normalized spacial score (nSPS) is 10.5. The number of nitrogens with one attached hydrogen (secondary N) is 1. The maximum Gasteiger partial charge on any atom is 0.257 e. The van der Waals surface area contributed by atoms with E-state index in [2.05, 4.69) is 10.3 Å². The third-order valence-corrected chi connectivity index (χ3v) is 3.13. The monoisotopic (exact) mass is 297 g/mol. The number of anilines is 1. The van der Waals surface area contributed by atoms with Crippen molar-refractivity contribution in [3.8, 4) is 0 Å². The van der Waals surface area contributed by atoms with E-state index in [1.807, 2.05) is 6.92 Å². The van der Waals surface area contributed by atoms with E-state index >= 15 is 0 Å². The molecule has 1 amide bonds. The summed E-state index contributed by atoms with van der Waals surface area (Å²) >= 11 is 0. The van der Waals surface area contributed by atoms with Gasteiger partial charge >= 0.3 is 0 Å². The molecule has 0 aliphatic rings. The highest BCUT2D eigenvalue weighted by Crippen LogP contribution is 2.16. The molecule has 0 bridgehead atoms. The second-order valence-corrected chi connectivity index (χ2v) is 4.99. The summed E-state index contributed by atoms with van der Waals surface area (Å²) in [6, 6.07) is 1.22. The number of aliphatic hydroxyl groups excluding tert-OH is 1. The van der Waals surface area contributed by atoms with E-state index in [9.17, 15) is 9.18 Å². The molecule has 1 aromatic heterocycles. The number of carbonyl (C=O) groups is 1. The van der Waals surface area contributed by atoms with Gasteiger partial charge in [-0.05, 0) is 31.7 Å². The van der Waals surface area contributed by atoms with E-state index in [-0.39, 0.29) is 18.1 Å². The summed E-state index contributed by atoms with van der Waals surface area (Å²) < 4.78 is 13.4. The molecular formula is C15H24FN3O2. The van der Waals surface area contributed by atoms with E-state index in [4.69, 9.17) is 5.11 Å². The zero-order chi connectivity index (χ0) is 15.7. The Morgan fingerprint density at radius 1 is 1.43 bits per heavy atom. The Hall–Kier alpha value is -1.69. The summed E-state index contributed by atoms with van der Waals surface area (Å²) in [7, 11) is 1.69. The number of pyridine rings is 1. The summed E-state index contributed by atoms with van der Waals surface area (Å²) in [6.07, 6.45) is 4.40. The highest BCUT2D eigenvalue weighted by atomic mass is 19.1. The number of unbranched alkanes of at least 4 members (excludes halogenated alkanes) is 2. The number of aromatic nitrogens is 1. The number of amides is 1. The molecule has 0 saturated heterocycles. The van der Waals surface area contributed by atoms with Crippen molar-refractivity contribution in [2.45, 2.75) is 32.6 Å². The van der Waals surface area contributed by atoms with Gasteiger partial charge in [-0.3, -0.25) is 4.79 Å². The first-order valence-electron chi connectivity index (χ1n) is 7.35. The Bertz CT molecular complexity index is 455. The molecule has 6 heteroatoms. The van der Waals surface area contributed by atoms with Crippen molar-refractivity contribution in [2.24, 2.45) is 0 Å². The molecule has 0 aliphatic heterocycles. The van der Waals surface area contributed by atoms with Crippen molar-refractivity contribution < 1.29 is 14.3 Å². The molecule has 0 saturated carbocycles. The van der Waals surface area contributed by atoms with Crippen molar-refractivity contribution >= 4 is 11.7 Å². The maximum atomic E-state index is 13.4. The van der Waals surface area contributed by atoms with Crippen LogP contribution < -0.4 is 5.32 Å². The molecule has 1 heterocycles. The highest BCUT2D eigenvalue weighted by Gasteiger charge is 2.17. The van der Waals surface area contributed by atoms with Gasteiger partial charge in [0.15, 0.2) is 0 Å². The van der Waals surface area contributed by atoms with Gasteiger partial charge in [0.25, 0.3) is 5.91 Å². The zero-order valence-electron chi connectivity index (χ0n) is 12.7. The van der Waals surface area contributed by atoms with Crippen LogP contribution in [0, 0.1) is 5.82 Å². The molecule has 1 aromatic rings. The Labute approximate surface area is 125 Å². The third kappa shape index (κ3) is 5.67. The molecule has 0 unspecified atom stereocenters. The Morgan fingerprint density at radius 2 is 2.19 bits per heavy atom. The smallest absolute Gasteiger partial charge is 0.257 e. The molecule has 0 aromatic carbocycles. The standard InChI is InChI=1S/C15H24FN3O2/c1-3-7-17-14-13(10-12(16)11-18-14)15(21)19(2)8-5-4-6-9-20/h10-11,20H,3-9H2,1-2H3,(H,17,18). The number of halogens is 1. The molecule has 5 nitrogen and oxygen atoms in total. The quantitative estimate of drug-likeness (QED) is 0.686. The lowest BCUT2D eigenvalue weighted by atomic mass is 10.2. The van der Waals surface area contributed by atoms with Gasteiger partial charge in [-0.25, -0.2) is 9.37 Å². The number of aliphatic hydroxyl groups is 1. The lowest BCUT2D eigenvalue weighted by Gasteiger charge is -2.19. The van der Waals surface area contributed by atoms with Crippen molar-refractivity contribution in [3.05, 3.63) is 23.6 Å². The molecule has 21 heavy (non-hydrogen) atoms. The highest BCUT2D eigenvalue weighted by molar-refractivity contribution is 5.98. The van der Waals surface area contributed by atoms with Crippen molar-refractivity contribution in [2.75, 3.05) is 32.1 Å². The largest absolute Gasteiger partial charge is 0.396 e. The van der Waals surface area contributed by atoms with Crippen molar-refractivity contribution in [1.82, 2.24) is 9.88 Å². The fourth-order valence-electron chi connectivity index (χ4n) is 1.93. The van der Waals surface area contributed by atoms with Crippen LogP contribution >= 0.6 is 0 Å². The van der Waals surface area contributed by atoms with Crippen LogP contribution in [0.1, 0.15) is 43.0 Å². The number of carbonyl (C=O) groups excluding carboxylic acids is 1. The van der Waals surface area contributed by atoms with Gasteiger partial charge in [0.1, 0.15) is 11.6 Å². The van der Waals surface area contributed by atoms with Crippen LogP contribution in [0.3, 0.4) is 0 Å². The van der Waals surface area contributed by atoms with E-state index in [0.29, 0.717) is 18.9 Å². The van der Waals surface area contributed by atoms with E-state index in [1.54, 1.807) is 11.9 Å². The lowest BCUT2D eigenvalue weighted by molar-refractivity contribution is 0.0792. The minimum absolute atomic E-state index is 0.163. The SMILES string of the molecule is CCCNc1ncc(F)cc1C(=O)N(C)CCCCCO. The molecule has 2 N–H and O–H groups in total. The molecular weight excluding hydrogens is 273 g/mol. The number of hydrogen-bond acceptors (Lipinski definition) is 4. The zero-order valence-corrected chi connectivity index (χ0v) is 12.7. The summed E-state index contributed by atoms with van der Waals surface area (Å²) in [5, 5.41) is 11.8. The molecule has 1 rings (SSSR count). The molecule has 118 valence electrons. The van der Waals surface area contributed by atoms with Crippen LogP contribution in [0.15, 0.2) is 12.3 Å². The first-order valence-corrected chi connectivity index (χ1v) is 7.35. The predicted octanol–water partition coefficient (Wildman–Crippen LogP) is 2.28. The average Bonchev–Trinajstić information content (AvgIpc) is 2.49. The summed E-state index contributed by atoms with van der Waals surface area (Å²) in [5.41, 5.74) is 0.258. The van der Waals surface area contributed by atoms with Gasteiger partial charge in [-0.1, -0.05) is 6.92 Å². The van der Waals surface area contributed by atoms with E-state index in [1.165, 1.54) is 6.07 Å². The van der Waals surface area contributed by atoms with Gasteiger partial charge in [0.2, 0.25) is 0 Å². The molecule has 0 spiro atoms. The Kier molecular flexibility index (Phi) is 7.68. The van der Waals surface area contributed by atoms with Crippen molar-refractivity contribution in [1.29, 1.82) is 0 Å². The first kappa shape index (κ1) is 17.4. The minimum atomic E-state index is -0.519. The van der Waals surface area contributed by atoms with Gasteiger partial charge in [0.05, 0.1) is 11.8 Å². The van der Waals surface area contributed by atoms with Crippen LogP contribution in [0.5, 0.6) is 0 Å². The van der Waals surface area contributed by atoms with Gasteiger partial charge in [-0.2, -0.15) is 0 Å². The molecule has 0 aliphatic carbocycles. The van der Waals surface area contributed by atoms with Crippen LogP contribution in [0.4, 0.5) is 10.2 Å². The van der Waals surface area contributed by atoms with Crippen molar-refractivity contribution in [3.63, 3.8) is 0 Å². The minimum Gasteiger partial charge on any atom is -0.396 e. The second-order valence-electron chi connectivity index (χ2n) is 4.99. The third-order valence-electron chi connectivity index (χ3n) is 3.13. The topological polar surface area (TPSA) is 65.5 Å². The van der Waals surface area contributed by atoms with E-state index < -0.39 is 5.82 Å². The van der Waals surface area contributed by atoms with Gasteiger partial charge in [-0.15, -0.1) is 0 Å². The number of hydrogen-bond donors (Lipinski definition) is 2. The fraction of sp³-hybridized carbons (Fsp3) is 0.600. The Morgan fingerprint density at radius 3 is 2.86 bits per heavy atom. The van der Waals surface area contributed by atoms with Crippen LogP contribution in [0.25, 0.3) is 0 Å². The lowest BCUT2D eigenvalue weighted by Crippen LogP contribution is -2.29. The molecule has 0 atom stereocenters. The summed E-state index contributed by atoms with van der Waals surface area (Å²) in [4.78, 5) is 17.9. The van der Waals surface area contributed by atoms with E-state index in [0.717, 1.165) is 31.9 Å². The maximum absolute atomic E-state index is 13.4. The fourth-order valence-corrected chi connectivity index (χ4v) is 1.93. The number of nitrogens with zero attached hydrogens (tertiary/aromatic N) is 2. The van der Waals surface area contributed by atoms with Gasteiger partial charge in [0, 0.05) is 26.7 Å². The first-order chi connectivity index (χ1) is 10.1. The summed E-state index contributed by atoms with van der Waals surface area (Å²) in [5.74, 6) is -0.343. The Balaban J connectivity index is 2.72.